The van der Waals surface area contributed by atoms with Gasteiger partial charge in [-0.2, -0.15) is 0 Å². The Balaban J connectivity index is 3.13. The molecule has 0 saturated heterocycles. The minimum atomic E-state index is -0.991. The van der Waals surface area contributed by atoms with Gasteiger partial charge in [0.25, 0.3) is 0 Å². The van der Waals surface area contributed by atoms with Crippen LogP contribution in [-0.4, -0.2) is 29.4 Å². The summed E-state index contributed by atoms with van der Waals surface area (Å²) in [6.45, 7) is 12.8. The Hall–Kier alpha value is -1.91. The van der Waals surface area contributed by atoms with Crippen LogP contribution in [0.3, 0.4) is 0 Å². The van der Waals surface area contributed by atoms with Gasteiger partial charge in [0, 0.05) is 0 Å². The van der Waals surface area contributed by atoms with Crippen LogP contribution in [0, 0.1) is 0 Å². The normalized spacial score (nSPS) is 13.7. The highest BCUT2D eigenvalue weighted by atomic mass is 16.6. The highest BCUT2D eigenvalue weighted by Crippen LogP contribution is 2.41. The van der Waals surface area contributed by atoms with Crippen molar-refractivity contribution in [3.05, 3.63) is 17.7 Å². The van der Waals surface area contributed by atoms with E-state index in [0.717, 1.165) is 38.5 Å². The summed E-state index contributed by atoms with van der Waals surface area (Å²) < 4.78 is 19.1. The number of benzene rings is 1. The summed E-state index contributed by atoms with van der Waals surface area (Å²) in [7, 11) is 0. The van der Waals surface area contributed by atoms with Crippen molar-refractivity contribution in [2.24, 2.45) is 0 Å². The number of ether oxygens (including phenoxy) is 3. The maximum absolute atomic E-state index is 11.9. The molecule has 208 valence electrons. The number of hydrogen-bond acceptors (Lipinski definition) is 4. The number of carboxylic acid groups (broad SMARTS) is 1. The predicted molar refractivity (Wildman–Crippen MR) is 150 cm³/mol. The number of hydrogen-bond donors (Lipinski definition) is 1. The first-order chi connectivity index (χ1) is 17.3. The van der Waals surface area contributed by atoms with Crippen molar-refractivity contribution in [2.75, 3.05) is 0 Å². The van der Waals surface area contributed by atoms with Crippen molar-refractivity contribution in [3.63, 3.8) is 0 Å². The first kappa shape index (κ1) is 32.1. The number of aromatic carboxylic acids is 1. The Morgan fingerprint density at radius 3 is 1.33 bits per heavy atom. The number of carbonyl (C=O) groups is 1. The molecule has 5 heteroatoms. The molecule has 3 atom stereocenters. The molecule has 0 aliphatic heterocycles. The van der Waals surface area contributed by atoms with Crippen molar-refractivity contribution in [1.29, 1.82) is 0 Å². The molecule has 0 aromatic heterocycles. The minimum Gasteiger partial charge on any atom is -0.487 e. The summed E-state index contributed by atoms with van der Waals surface area (Å²) in [5.41, 5.74) is 0.166. The van der Waals surface area contributed by atoms with Crippen molar-refractivity contribution in [1.82, 2.24) is 0 Å². The van der Waals surface area contributed by atoms with E-state index >= 15 is 0 Å². The van der Waals surface area contributed by atoms with Crippen molar-refractivity contribution >= 4 is 5.97 Å². The van der Waals surface area contributed by atoms with Crippen molar-refractivity contribution in [3.8, 4) is 17.2 Å². The van der Waals surface area contributed by atoms with Gasteiger partial charge >= 0.3 is 5.97 Å². The second-order valence-corrected chi connectivity index (χ2v) is 10.4. The molecule has 1 rings (SSSR count). The molecule has 0 heterocycles. The van der Waals surface area contributed by atoms with Gasteiger partial charge in [-0.15, -0.1) is 0 Å². The van der Waals surface area contributed by atoms with Crippen molar-refractivity contribution in [2.45, 2.75) is 156 Å². The minimum absolute atomic E-state index is 0.0121. The number of rotatable bonds is 22. The van der Waals surface area contributed by atoms with Crippen LogP contribution in [0.25, 0.3) is 0 Å². The topological polar surface area (TPSA) is 65.0 Å². The molecule has 0 aliphatic rings. The molecule has 0 bridgehead atoms. The molecule has 36 heavy (non-hydrogen) atoms. The molecule has 0 saturated carbocycles. The van der Waals surface area contributed by atoms with Gasteiger partial charge in [0.05, 0.1) is 23.9 Å². The lowest BCUT2D eigenvalue weighted by Gasteiger charge is -2.25. The van der Waals surface area contributed by atoms with Gasteiger partial charge in [0.2, 0.25) is 5.75 Å². The Labute approximate surface area is 221 Å². The molecule has 5 nitrogen and oxygen atoms in total. The van der Waals surface area contributed by atoms with E-state index in [1.165, 1.54) is 57.8 Å². The summed E-state index contributed by atoms with van der Waals surface area (Å²) in [6, 6.07) is 3.20. The zero-order valence-electron chi connectivity index (χ0n) is 24.1. The molecule has 0 amide bonds. The Morgan fingerprint density at radius 1 is 0.639 bits per heavy atom. The number of carboxylic acids is 1. The van der Waals surface area contributed by atoms with E-state index in [9.17, 15) is 9.90 Å². The van der Waals surface area contributed by atoms with Crippen molar-refractivity contribution < 1.29 is 24.1 Å². The van der Waals surface area contributed by atoms with Gasteiger partial charge in [0.15, 0.2) is 11.5 Å². The zero-order valence-corrected chi connectivity index (χ0v) is 24.1. The van der Waals surface area contributed by atoms with Gasteiger partial charge in [-0.25, -0.2) is 4.79 Å². The van der Waals surface area contributed by atoms with Crippen LogP contribution in [-0.2, 0) is 0 Å². The Kier molecular flexibility index (Phi) is 17.2. The third-order valence-electron chi connectivity index (χ3n) is 6.64. The average Bonchev–Trinajstić information content (AvgIpc) is 2.84. The van der Waals surface area contributed by atoms with Gasteiger partial charge in [-0.1, -0.05) is 78.6 Å². The van der Waals surface area contributed by atoms with Gasteiger partial charge in [-0.05, 0) is 71.4 Å². The summed E-state index contributed by atoms with van der Waals surface area (Å²) >= 11 is 0. The molecular formula is C31H54O5. The standard InChI is InChI=1S/C31H54O5/c1-7-10-13-16-19-24(4)34-28-22-27(31(32)33)23-29(35-25(5)20-17-14-11-8-2)30(28)36-26(6)21-18-15-12-9-3/h22-26H,7-21H2,1-6H3,(H,32,33). The molecule has 1 aromatic rings. The predicted octanol–water partition coefficient (Wildman–Crippen LogP) is 9.60. The zero-order chi connectivity index (χ0) is 26.8. The Morgan fingerprint density at radius 2 is 1.00 bits per heavy atom. The average molecular weight is 507 g/mol. The monoisotopic (exact) mass is 506 g/mol. The van der Waals surface area contributed by atoms with Crippen LogP contribution in [0.1, 0.15) is 148 Å². The second-order valence-electron chi connectivity index (χ2n) is 10.4. The second kappa shape index (κ2) is 19.2. The fraction of sp³-hybridized carbons (Fsp3) is 0.774. The summed E-state index contributed by atoms with van der Waals surface area (Å²) in [5.74, 6) is 0.511. The molecule has 3 unspecified atom stereocenters. The van der Waals surface area contributed by atoms with Gasteiger partial charge in [-0.3, -0.25) is 0 Å². The fourth-order valence-corrected chi connectivity index (χ4v) is 4.38. The molecule has 0 fully saturated rings. The highest BCUT2D eigenvalue weighted by molar-refractivity contribution is 5.89. The molecule has 0 radical (unpaired) electrons. The fourth-order valence-electron chi connectivity index (χ4n) is 4.38. The maximum Gasteiger partial charge on any atom is 0.335 e. The molecule has 1 aromatic carbocycles. The van der Waals surface area contributed by atoms with Crippen LogP contribution >= 0.6 is 0 Å². The number of unbranched alkanes of at least 4 members (excludes halogenated alkanes) is 9. The molecule has 0 spiro atoms. The van der Waals surface area contributed by atoms with Gasteiger partial charge in [0.1, 0.15) is 0 Å². The lowest BCUT2D eigenvalue weighted by Crippen LogP contribution is -2.19. The van der Waals surface area contributed by atoms with Crippen LogP contribution in [0.15, 0.2) is 12.1 Å². The summed E-state index contributed by atoms with van der Waals surface area (Å²) in [6.07, 6.45) is 16.8. The largest absolute Gasteiger partial charge is 0.487 e. The van der Waals surface area contributed by atoms with E-state index in [4.69, 9.17) is 14.2 Å². The SMILES string of the molecule is CCCCCCC(C)Oc1cc(C(=O)O)cc(OC(C)CCCCCC)c1OC(C)CCCCCC. The van der Waals surface area contributed by atoms with E-state index in [1.54, 1.807) is 12.1 Å². The molecule has 1 N–H and O–H groups in total. The highest BCUT2D eigenvalue weighted by Gasteiger charge is 2.23. The van der Waals surface area contributed by atoms with E-state index in [2.05, 4.69) is 27.7 Å². The third kappa shape index (κ3) is 13.4. The van der Waals surface area contributed by atoms with Crippen LogP contribution < -0.4 is 14.2 Å². The quantitative estimate of drug-likeness (QED) is 0.159. The lowest BCUT2D eigenvalue weighted by molar-refractivity contribution is 0.0694. The van der Waals surface area contributed by atoms with E-state index in [1.807, 2.05) is 13.8 Å². The van der Waals surface area contributed by atoms with Crippen LogP contribution in [0.5, 0.6) is 17.2 Å². The summed E-state index contributed by atoms with van der Waals surface area (Å²) in [4.78, 5) is 11.9. The Bertz CT molecular complexity index is 676. The van der Waals surface area contributed by atoms with E-state index in [-0.39, 0.29) is 23.9 Å². The summed E-state index contributed by atoms with van der Waals surface area (Å²) in [5, 5.41) is 9.79. The molecular weight excluding hydrogens is 452 g/mol. The van der Waals surface area contributed by atoms with E-state index < -0.39 is 5.97 Å². The third-order valence-corrected chi connectivity index (χ3v) is 6.64. The first-order valence-electron chi connectivity index (χ1n) is 14.7. The van der Waals surface area contributed by atoms with E-state index in [0.29, 0.717) is 17.2 Å². The van der Waals surface area contributed by atoms with Gasteiger partial charge < -0.3 is 19.3 Å². The first-order valence-corrected chi connectivity index (χ1v) is 14.7. The van der Waals surface area contributed by atoms with Crippen LogP contribution in [0.4, 0.5) is 0 Å². The van der Waals surface area contributed by atoms with Crippen LogP contribution in [0.2, 0.25) is 0 Å². The molecule has 0 aliphatic carbocycles. The maximum atomic E-state index is 11.9. The smallest absolute Gasteiger partial charge is 0.335 e. The lowest BCUT2D eigenvalue weighted by atomic mass is 10.1.